The van der Waals surface area contributed by atoms with Crippen molar-refractivity contribution in [3.63, 3.8) is 0 Å². The van der Waals surface area contributed by atoms with Gasteiger partial charge in [-0.1, -0.05) is 105 Å². The van der Waals surface area contributed by atoms with Gasteiger partial charge in [0.15, 0.2) is 0 Å². The second-order valence-electron chi connectivity index (χ2n) is 12.0. The Morgan fingerprint density at radius 2 is 1.48 bits per heavy atom. The molecule has 1 N–H and O–H groups in total. The Morgan fingerprint density at radius 1 is 0.881 bits per heavy atom. The van der Waals surface area contributed by atoms with E-state index in [-0.39, 0.29) is 30.2 Å². The minimum absolute atomic E-state index is 0.0625. The number of aliphatic hydroxyl groups excluding tert-OH is 1. The third-order valence-electron chi connectivity index (χ3n) is 9.54. The van der Waals surface area contributed by atoms with E-state index in [1.165, 1.54) is 0 Å². The lowest BCUT2D eigenvalue weighted by molar-refractivity contribution is -0.153. The van der Waals surface area contributed by atoms with Crippen LogP contribution >= 0.6 is 0 Å². The van der Waals surface area contributed by atoms with Crippen LogP contribution < -0.4 is 0 Å². The maximum Gasteiger partial charge on any atom is 0.249 e. The Morgan fingerprint density at radius 3 is 2.07 bits per heavy atom. The van der Waals surface area contributed by atoms with Gasteiger partial charge in [0.2, 0.25) is 17.7 Å². The number of likely N-dealkylation sites (tertiary alicyclic amines) is 1. The summed E-state index contributed by atoms with van der Waals surface area (Å²) in [5.74, 6) is -2.39. The van der Waals surface area contributed by atoms with Gasteiger partial charge in [-0.3, -0.25) is 14.4 Å². The van der Waals surface area contributed by atoms with E-state index in [1.807, 2.05) is 98.8 Å². The number of nitrogens with zero attached hydrogens (tertiary/aromatic N) is 3. The van der Waals surface area contributed by atoms with E-state index in [0.717, 1.165) is 17.5 Å². The third-order valence-corrected chi connectivity index (χ3v) is 9.54. The summed E-state index contributed by atoms with van der Waals surface area (Å²) in [5.41, 5.74) is 0.670. The molecule has 0 radical (unpaired) electrons. The van der Waals surface area contributed by atoms with Gasteiger partial charge in [-0.15, -0.1) is 0 Å². The topological polar surface area (TPSA) is 90.4 Å². The first-order valence-corrected chi connectivity index (χ1v) is 15.0. The molecule has 3 amide bonds. The van der Waals surface area contributed by atoms with E-state index in [1.54, 1.807) is 14.7 Å². The summed E-state index contributed by atoms with van der Waals surface area (Å²) in [6.45, 7) is 5.28. The molecule has 6 rings (SSSR count). The number of amides is 3. The fourth-order valence-electron chi connectivity index (χ4n) is 7.24. The third kappa shape index (κ3) is 4.67. The normalized spacial score (nSPS) is 30.1. The van der Waals surface area contributed by atoms with Crippen LogP contribution in [0.1, 0.15) is 31.4 Å². The lowest BCUT2D eigenvalue weighted by Gasteiger charge is -2.40. The van der Waals surface area contributed by atoms with E-state index >= 15 is 0 Å². The number of ether oxygens (including phenoxy) is 1. The minimum Gasteiger partial charge on any atom is -0.394 e. The smallest absolute Gasteiger partial charge is 0.249 e. The van der Waals surface area contributed by atoms with Gasteiger partial charge in [-0.2, -0.15) is 0 Å². The first-order chi connectivity index (χ1) is 20.4. The van der Waals surface area contributed by atoms with Crippen molar-refractivity contribution in [1.29, 1.82) is 0 Å². The van der Waals surface area contributed by atoms with Gasteiger partial charge in [0.25, 0.3) is 0 Å². The zero-order chi connectivity index (χ0) is 29.4. The number of benzene rings is 2. The largest absolute Gasteiger partial charge is 0.394 e. The Hall–Kier alpha value is -3.75. The summed E-state index contributed by atoms with van der Waals surface area (Å²) in [5, 5.41) is 10.6. The minimum atomic E-state index is -1.31. The van der Waals surface area contributed by atoms with E-state index in [4.69, 9.17) is 4.74 Å². The summed E-state index contributed by atoms with van der Waals surface area (Å²) in [4.78, 5) is 48.5. The van der Waals surface area contributed by atoms with Crippen LogP contribution in [-0.4, -0.2) is 81.0 Å². The maximum atomic E-state index is 14.6. The van der Waals surface area contributed by atoms with Crippen molar-refractivity contribution in [1.82, 2.24) is 14.7 Å². The second-order valence-corrected chi connectivity index (χ2v) is 12.0. The standard InChI is InChI=1S/C34H39N3O5/c1-3-23(2)26(22-38)37-30-33(41)36(21-25-14-8-5-9-15-25)19-11-17-34(30)29(32(37)40)28-27(42-34)16-10-18-35(31(28)39)20-24-12-6-4-7-13-24/h4-17,23,26-30,38H,3,18-22H2,1-2H3/t23-,26-,27+,28-,29-,30?,34-/m0/s1. The number of fused-ring (bicyclic) bond motifs is 2. The predicted molar refractivity (Wildman–Crippen MR) is 158 cm³/mol. The molecule has 1 unspecified atom stereocenters. The van der Waals surface area contributed by atoms with Gasteiger partial charge in [-0.25, -0.2) is 0 Å². The van der Waals surface area contributed by atoms with Crippen LogP contribution in [0.25, 0.3) is 0 Å². The highest BCUT2D eigenvalue weighted by Gasteiger charge is 2.72. The summed E-state index contributed by atoms with van der Waals surface area (Å²) in [6, 6.07) is 18.0. The molecule has 0 saturated carbocycles. The van der Waals surface area contributed by atoms with Crippen LogP contribution in [-0.2, 0) is 32.2 Å². The molecule has 2 saturated heterocycles. The monoisotopic (exact) mass is 569 g/mol. The van der Waals surface area contributed by atoms with Crippen LogP contribution in [0.4, 0.5) is 0 Å². The Labute approximate surface area is 247 Å². The van der Waals surface area contributed by atoms with Crippen LogP contribution in [0, 0.1) is 17.8 Å². The lowest BCUT2D eigenvalue weighted by Crippen LogP contribution is -2.59. The summed E-state index contributed by atoms with van der Waals surface area (Å²) >= 11 is 0. The Balaban J connectivity index is 1.41. The average molecular weight is 570 g/mol. The fraction of sp³-hybridized carbons (Fsp3) is 0.441. The zero-order valence-corrected chi connectivity index (χ0v) is 24.2. The van der Waals surface area contributed by atoms with Crippen LogP contribution in [0.2, 0.25) is 0 Å². The van der Waals surface area contributed by atoms with Crippen LogP contribution in [0.3, 0.4) is 0 Å². The quantitative estimate of drug-likeness (QED) is 0.494. The van der Waals surface area contributed by atoms with E-state index in [0.29, 0.717) is 26.2 Å². The van der Waals surface area contributed by atoms with Crippen LogP contribution in [0.15, 0.2) is 85.0 Å². The molecule has 42 heavy (non-hydrogen) atoms. The average Bonchev–Trinajstić information content (AvgIpc) is 3.33. The van der Waals surface area contributed by atoms with Gasteiger partial charge >= 0.3 is 0 Å². The molecule has 220 valence electrons. The molecule has 2 fully saturated rings. The van der Waals surface area contributed by atoms with Gasteiger partial charge in [0.1, 0.15) is 11.6 Å². The van der Waals surface area contributed by atoms with Gasteiger partial charge in [0, 0.05) is 26.2 Å². The number of rotatable bonds is 8. The molecule has 4 aliphatic heterocycles. The van der Waals surface area contributed by atoms with Crippen molar-refractivity contribution in [2.45, 2.75) is 57.1 Å². The Bertz CT molecular complexity index is 1380. The van der Waals surface area contributed by atoms with Crippen molar-refractivity contribution >= 4 is 17.7 Å². The molecule has 8 nitrogen and oxygen atoms in total. The second kappa shape index (κ2) is 11.5. The van der Waals surface area contributed by atoms with Crippen molar-refractivity contribution in [3.8, 4) is 0 Å². The number of hydrogen-bond donors (Lipinski definition) is 1. The molecule has 8 heteroatoms. The van der Waals surface area contributed by atoms with E-state index < -0.39 is 35.6 Å². The molecule has 0 aliphatic carbocycles. The molecular formula is C34H39N3O5. The molecule has 1 spiro atoms. The zero-order valence-electron chi connectivity index (χ0n) is 24.2. The van der Waals surface area contributed by atoms with Crippen LogP contribution in [0.5, 0.6) is 0 Å². The number of carbonyl (C=O) groups is 3. The molecule has 2 aromatic rings. The van der Waals surface area contributed by atoms with Gasteiger partial charge < -0.3 is 24.5 Å². The maximum absolute atomic E-state index is 14.6. The van der Waals surface area contributed by atoms with Gasteiger partial charge in [-0.05, 0) is 17.0 Å². The van der Waals surface area contributed by atoms with Crippen molar-refractivity contribution in [3.05, 3.63) is 96.1 Å². The van der Waals surface area contributed by atoms with Gasteiger partial charge in [0.05, 0.1) is 30.6 Å². The predicted octanol–water partition coefficient (Wildman–Crippen LogP) is 3.17. The SMILES string of the molecule is CC[C@H](C)[C@H](CO)N1C(=O)[C@@H]2[C@H]3C(=O)N(Cc4ccccc4)CC=C[C@H]3O[C@@]23C=CCN(Cc2ccccc2)C(=O)C13. The van der Waals surface area contributed by atoms with E-state index in [9.17, 15) is 19.5 Å². The first kappa shape index (κ1) is 28.4. The highest BCUT2D eigenvalue weighted by molar-refractivity contribution is 6.00. The number of hydrogen-bond acceptors (Lipinski definition) is 5. The van der Waals surface area contributed by atoms with E-state index in [2.05, 4.69) is 0 Å². The number of carbonyl (C=O) groups excluding carboxylic acids is 3. The summed E-state index contributed by atoms with van der Waals surface area (Å²) < 4.78 is 6.77. The van der Waals surface area contributed by atoms with Crippen molar-refractivity contribution in [2.24, 2.45) is 17.8 Å². The fourth-order valence-corrected chi connectivity index (χ4v) is 7.24. The number of aliphatic hydroxyl groups is 1. The highest BCUT2D eigenvalue weighted by atomic mass is 16.5. The highest BCUT2D eigenvalue weighted by Crippen LogP contribution is 2.54. The molecule has 4 heterocycles. The molecule has 0 bridgehead atoms. The molecular weight excluding hydrogens is 530 g/mol. The van der Waals surface area contributed by atoms with Crippen molar-refractivity contribution < 1.29 is 24.2 Å². The molecule has 4 aliphatic rings. The molecule has 2 aromatic carbocycles. The summed E-state index contributed by atoms with van der Waals surface area (Å²) in [6.07, 6.45) is 7.68. The first-order valence-electron chi connectivity index (χ1n) is 15.0. The Kier molecular flexibility index (Phi) is 7.77. The summed E-state index contributed by atoms with van der Waals surface area (Å²) in [7, 11) is 0. The molecule has 0 aromatic heterocycles. The van der Waals surface area contributed by atoms with Crippen molar-refractivity contribution in [2.75, 3.05) is 19.7 Å². The molecule has 7 atom stereocenters. The lowest BCUT2D eigenvalue weighted by atomic mass is 9.77.